The topological polar surface area (TPSA) is 47.0 Å². The van der Waals surface area contributed by atoms with Crippen molar-refractivity contribution < 1.29 is 9.35 Å². The predicted molar refractivity (Wildman–Crippen MR) is 126 cm³/mol. The molecule has 1 N–H and O–H groups in total. The Morgan fingerprint density at radius 3 is 2.45 bits per heavy atom. The maximum Gasteiger partial charge on any atom is 0.246 e. The number of hydrogen-bond donors (Lipinski definition) is 2. The monoisotopic (exact) mass is 453 g/mol. The van der Waals surface area contributed by atoms with Gasteiger partial charge in [-0.05, 0) is 74.0 Å². The van der Waals surface area contributed by atoms with Gasteiger partial charge in [0.1, 0.15) is 6.04 Å². The van der Waals surface area contributed by atoms with Crippen molar-refractivity contribution in [2.75, 3.05) is 24.5 Å². The molecule has 1 aromatic rings. The number of hydrogen-bond acceptors (Lipinski definition) is 4. The number of carbonyl (C=O) groups is 1. The van der Waals surface area contributed by atoms with Gasteiger partial charge in [-0.1, -0.05) is 38.3 Å². The minimum atomic E-state index is -1.44. The number of carbonyl (C=O) groups excluding carboxylic acids is 1. The molecule has 8 heteroatoms. The summed E-state index contributed by atoms with van der Waals surface area (Å²) in [5.74, 6) is -0.0290. The quantitative estimate of drug-likeness (QED) is 0.588. The fraction of sp³-hybridized carbons (Fsp3) is 0.667. The Morgan fingerprint density at radius 2 is 1.93 bits per heavy atom. The minimum Gasteiger partial charge on any atom is -0.315 e. The van der Waals surface area contributed by atoms with E-state index in [9.17, 15) is 9.35 Å². The summed E-state index contributed by atoms with van der Waals surface area (Å²) < 4.78 is 11.0. The molecule has 1 heterocycles. The first kappa shape index (κ1) is 21.7. The summed E-state index contributed by atoms with van der Waals surface area (Å²) in [6.07, 6.45) is 8.14. The first-order valence-electron chi connectivity index (χ1n) is 10.7. The number of amides is 1. The van der Waals surface area contributed by atoms with Gasteiger partial charge in [0.15, 0.2) is 0 Å². The number of nitrogens with zero attached hydrogens (tertiary/aromatic N) is 3. The second kappa shape index (κ2) is 8.93. The fourth-order valence-electron chi connectivity index (χ4n) is 4.75. The van der Waals surface area contributed by atoms with Crippen LogP contribution in [0.3, 0.4) is 0 Å². The van der Waals surface area contributed by atoms with Gasteiger partial charge in [-0.3, -0.25) is 9.69 Å². The van der Waals surface area contributed by atoms with E-state index < -0.39 is 16.0 Å². The van der Waals surface area contributed by atoms with Crippen LogP contribution in [0.5, 0.6) is 0 Å². The standard InChI is InChI=1S/C21H31N3O2S3/c1-2-22(17-5-3-6-17)15-21(12-13-21)16-8-10-18(11-9-16)23-14-4-7-19(20(23)25)24(27)29(26)28/h8-11,17,19,27H,2-7,12-15H2,1H3,(H,26,28). The Kier molecular flexibility index (Phi) is 6.68. The fourth-order valence-corrected chi connectivity index (χ4v) is 5.69. The Bertz CT molecular complexity index is 765. The van der Waals surface area contributed by atoms with Gasteiger partial charge in [-0.2, -0.15) is 3.71 Å². The third-order valence-electron chi connectivity index (χ3n) is 6.98. The summed E-state index contributed by atoms with van der Waals surface area (Å²) in [5, 5.41) is 0. The third-order valence-corrected chi connectivity index (χ3v) is 9.12. The maximum absolute atomic E-state index is 12.9. The lowest BCUT2D eigenvalue weighted by atomic mass is 9.88. The minimum absolute atomic E-state index is 0.0290. The molecule has 2 unspecified atom stereocenters. The first-order chi connectivity index (χ1) is 13.9. The SMILES string of the molecule is CCN(CC1(c2ccc(N3CCCC(N(S)S(O)=S)C3=O)cc2)CC1)C1CCC1. The van der Waals surface area contributed by atoms with Crippen LogP contribution in [0.2, 0.25) is 0 Å². The molecule has 0 aromatic heterocycles. The second-order valence-corrected chi connectivity index (χ2v) is 11.1. The van der Waals surface area contributed by atoms with Crippen molar-refractivity contribution in [1.82, 2.24) is 8.61 Å². The highest BCUT2D eigenvalue weighted by molar-refractivity contribution is 8.27. The van der Waals surface area contributed by atoms with Crippen LogP contribution < -0.4 is 4.90 Å². The molecule has 3 aliphatic rings. The maximum atomic E-state index is 12.9. The van der Waals surface area contributed by atoms with E-state index in [1.807, 2.05) is 4.90 Å². The largest absolute Gasteiger partial charge is 0.315 e. The number of benzene rings is 1. The molecule has 1 aliphatic heterocycles. The molecule has 2 saturated carbocycles. The van der Waals surface area contributed by atoms with Gasteiger partial charge >= 0.3 is 0 Å². The van der Waals surface area contributed by atoms with E-state index in [2.05, 4.69) is 48.9 Å². The molecule has 4 rings (SSSR count). The molecule has 0 spiro atoms. The van der Waals surface area contributed by atoms with Gasteiger partial charge in [0, 0.05) is 30.2 Å². The highest BCUT2D eigenvalue weighted by Gasteiger charge is 2.46. The van der Waals surface area contributed by atoms with Crippen molar-refractivity contribution in [3.05, 3.63) is 29.8 Å². The average molecular weight is 454 g/mol. The summed E-state index contributed by atoms with van der Waals surface area (Å²) in [4.78, 5) is 17.4. The number of piperidine rings is 1. The zero-order chi connectivity index (χ0) is 20.6. The molecule has 3 fully saturated rings. The van der Waals surface area contributed by atoms with Crippen molar-refractivity contribution in [1.29, 1.82) is 0 Å². The van der Waals surface area contributed by atoms with Crippen LogP contribution in [0.25, 0.3) is 0 Å². The number of thiol groups is 1. The van der Waals surface area contributed by atoms with E-state index in [4.69, 9.17) is 11.2 Å². The predicted octanol–water partition coefficient (Wildman–Crippen LogP) is 3.70. The van der Waals surface area contributed by atoms with Crippen molar-refractivity contribution >= 4 is 45.5 Å². The molecule has 5 nitrogen and oxygen atoms in total. The van der Waals surface area contributed by atoms with Crippen LogP contribution in [0.4, 0.5) is 5.69 Å². The molecular formula is C21H31N3O2S3. The zero-order valence-electron chi connectivity index (χ0n) is 17.0. The third kappa shape index (κ3) is 4.43. The molecule has 29 heavy (non-hydrogen) atoms. The zero-order valence-corrected chi connectivity index (χ0v) is 19.5. The van der Waals surface area contributed by atoms with Crippen LogP contribution in [0.1, 0.15) is 57.4 Å². The second-order valence-electron chi connectivity index (χ2n) is 8.66. The summed E-state index contributed by atoms with van der Waals surface area (Å²) in [7, 11) is -1.44. The van der Waals surface area contributed by atoms with E-state index in [1.54, 1.807) is 0 Å². The van der Waals surface area contributed by atoms with Gasteiger partial charge < -0.3 is 9.45 Å². The smallest absolute Gasteiger partial charge is 0.246 e. The van der Waals surface area contributed by atoms with Crippen LogP contribution in [-0.4, -0.2) is 50.8 Å². The normalized spacial score (nSPS) is 25.3. The summed E-state index contributed by atoms with van der Waals surface area (Å²) in [6, 6.07) is 8.93. The number of rotatable bonds is 8. The van der Waals surface area contributed by atoms with Crippen LogP contribution in [-0.2, 0) is 31.3 Å². The number of likely N-dealkylation sites (N-methyl/N-ethyl adjacent to an activating group) is 1. The molecule has 2 aliphatic carbocycles. The van der Waals surface area contributed by atoms with Crippen molar-refractivity contribution in [3.8, 4) is 0 Å². The van der Waals surface area contributed by atoms with E-state index in [-0.39, 0.29) is 5.91 Å². The van der Waals surface area contributed by atoms with Crippen LogP contribution in [0.15, 0.2) is 24.3 Å². The molecule has 0 radical (unpaired) electrons. The van der Waals surface area contributed by atoms with E-state index in [0.717, 1.165) is 31.2 Å². The Balaban J connectivity index is 1.46. The van der Waals surface area contributed by atoms with Crippen molar-refractivity contribution in [2.24, 2.45) is 0 Å². The number of anilines is 1. The first-order valence-corrected chi connectivity index (χ1v) is 13.2. The molecule has 1 saturated heterocycles. The summed E-state index contributed by atoms with van der Waals surface area (Å²) >= 11 is 9.14. The average Bonchev–Trinajstić information content (AvgIpc) is 3.46. The summed E-state index contributed by atoms with van der Waals surface area (Å²) in [6.45, 7) is 5.26. The van der Waals surface area contributed by atoms with E-state index in [0.29, 0.717) is 18.4 Å². The molecular weight excluding hydrogens is 422 g/mol. The van der Waals surface area contributed by atoms with Crippen LogP contribution in [0, 0.1) is 0 Å². The Hall–Kier alpha value is -0.510. The molecule has 1 aromatic carbocycles. The van der Waals surface area contributed by atoms with Crippen LogP contribution >= 0.6 is 12.8 Å². The molecule has 1 amide bonds. The van der Waals surface area contributed by atoms with Crippen molar-refractivity contribution in [3.63, 3.8) is 0 Å². The van der Waals surface area contributed by atoms with Gasteiger partial charge in [0.25, 0.3) is 0 Å². The van der Waals surface area contributed by atoms with Crippen molar-refractivity contribution in [2.45, 2.75) is 69.4 Å². The van der Waals surface area contributed by atoms with Gasteiger partial charge in [-0.15, -0.1) is 0 Å². The lowest BCUT2D eigenvalue weighted by Crippen LogP contribution is -2.50. The van der Waals surface area contributed by atoms with Gasteiger partial charge in [0.05, 0.1) is 9.92 Å². The van der Waals surface area contributed by atoms with E-state index in [1.165, 1.54) is 41.4 Å². The van der Waals surface area contributed by atoms with Gasteiger partial charge in [-0.25, -0.2) is 0 Å². The highest BCUT2D eigenvalue weighted by Crippen LogP contribution is 2.50. The summed E-state index contributed by atoms with van der Waals surface area (Å²) in [5.41, 5.74) is 2.63. The Morgan fingerprint density at radius 1 is 1.24 bits per heavy atom. The molecule has 0 bridgehead atoms. The highest BCUT2D eigenvalue weighted by atomic mass is 32.8. The molecule has 2 atom stereocenters. The van der Waals surface area contributed by atoms with E-state index >= 15 is 0 Å². The van der Waals surface area contributed by atoms with Gasteiger partial charge in [0.2, 0.25) is 5.91 Å². The lowest BCUT2D eigenvalue weighted by Gasteiger charge is -2.39. The Labute approximate surface area is 186 Å². The lowest BCUT2D eigenvalue weighted by molar-refractivity contribution is -0.122. The molecule has 160 valence electrons.